The molecular weight excluding hydrogens is 402 g/mol. The smallest absolute Gasteiger partial charge is 0.257 e. The van der Waals surface area contributed by atoms with Gasteiger partial charge in [-0.3, -0.25) is 14.8 Å². The van der Waals surface area contributed by atoms with E-state index in [2.05, 4.69) is 16.0 Å². The highest BCUT2D eigenvalue weighted by Gasteiger charge is 2.28. The van der Waals surface area contributed by atoms with E-state index in [-0.39, 0.29) is 12.5 Å². The van der Waals surface area contributed by atoms with E-state index >= 15 is 0 Å². The van der Waals surface area contributed by atoms with Crippen molar-refractivity contribution < 1.29 is 14.3 Å². The molecule has 0 bridgehead atoms. The molecule has 1 aliphatic heterocycles. The van der Waals surface area contributed by atoms with Crippen LogP contribution >= 0.6 is 0 Å². The van der Waals surface area contributed by atoms with Crippen LogP contribution in [-0.4, -0.2) is 41.0 Å². The van der Waals surface area contributed by atoms with Crippen LogP contribution in [-0.2, 0) is 13.0 Å². The first-order valence-electron chi connectivity index (χ1n) is 11.1. The molecule has 1 fully saturated rings. The van der Waals surface area contributed by atoms with Crippen molar-refractivity contribution in [3.05, 3.63) is 83.4 Å². The molecule has 3 aromatic rings. The Morgan fingerprint density at radius 3 is 2.72 bits per heavy atom. The van der Waals surface area contributed by atoms with E-state index in [1.165, 1.54) is 0 Å². The van der Waals surface area contributed by atoms with E-state index in [4.69, 9.17) is 9.47 Å². The van der Waals surface area contributed by atoms with Crippen LogP contribution in [0.3, 0.4) is 0 Å². The molecule has 0 saturated carbocycles. The van der Waals surface area contributed by atoms with Crippen LogP contribution in [0.25, 0.3) is 0 Å². The minimum atomic E-state index is -0.0261. The Bertz CT molecular complexity index is 1060. The number of para-hydroxylation sites is 1. The minimum Gasteiger partial charge on any atom is -0.493 e. The molecule has 1 aromatic carbocycles. The first kappa shape index (κ1) is 21.8. The lowest BCUT2D eigenvalue weighted by molar-refractivity contribution is 0.0667. The van der Waals surface area contributed by atoms with E-state index in [0.29, 0.717) is 29.5 Å². The zero-order chi connectivity index (χ0) is 22.3. The first-order chi connectivity index (χ1) is 15.6. The molecule has 1 amide bonds. The summed E-state index contributed by atoms with van der Waals surface area (Å²) in [5.41, 5.74) is 3.43. The number of rotatable bonds is 7. The van der Waals surface area contributed by atoms with Crippen LogP contribution in [0.4, 0.5) is 0 Å². The van der Waals surface area contributed by atoms with Gasteiger partial charge >= 0.3 is 0 Å². The normalized spacial score (nSPS) is 15.9. The zero-order valence-electron chi connectivity index (χ0n) is 18.7. The number of piperidine rings is 1. The van der Waals surface area contributed by atoms with Gasteiger partial charge in [-0.1, -0.05) is 18.2 Å². The Balaban J connectivity index is 1.50. The number of benzene rings is 1. The Kier molecular flexibility index (Phi) is 7.00. The van der Waals surface area contributed by atoms with Crippen molar-refractivity contribution >= 4 is 5.91 Å². The minimum absolute atomic E-state index is 0.0261. The van der Waals surface area contributed by atoms with Gasteiger partial charge in [0.05, 0.1) is 18.4 Å². The molecule has 1 atom stereocenters. The molecule has 1 aliphatic rings. The van der Waals surface area contributed by atoms with E-state index in [1.807, 2.05) is 60.4 Å². The fourth-order valence-corrected chi connectivity index (χ4v) is 4.22. The fraction of sp³-hybridized carbons (Fsp3) is 0.346. The maximum Gasteiger partial charge on any atom is 0.257 e. The van der Waals surface area contributed by atoms with Gasteiger partial charge in [-0.2, -0.15) is 0 Å². The number of aryl methyl sites for hydroxylation is 1. The molecule has 6 heteroatoms. The van der Waals surface area contributed by atoms with Crippen molar-refractivity contribution in [1.82, 2.24) is 14.9 Å². The van der Waals surface area contributed by atoms with Gasteiger partial charge in [0.2, 0.25) is 0 Å². The summed E-state index contributed by atoms with van der Waals surface area (Å²) in [6, 6.07) is 17.2. The number of nitrogens with zero attached hydrogens (tertiary/aromatic N) is 3. The van der Waals surface area contributed by atoms with Gasteiger partial charge in [-0.25, -0.2) is 0 Å². The van der Waals surface area contributed by atoms with Crippen LogP contribution in [0.5, 0.6) is 11.5 Å². The number of aromatic nitrogens is 2. The second-order valence-corrected chi connectivity index (χ2v) is 8.18. The highest BCUT2D eigenvalue weighted by Crippen LogP contribution is 2.33. The van der Waals surface area contributed by atoms with Crippen molar-refractivity contribution in [2.24, 2.45) is 5.92 Å². The first-order valence-corrected chi connectivity index (χ1v) is 11.1. The van der Waals surface area contributed by atoms with Crippen LogP contribution in [0.1, 0.15) is 40.3 Å². The van der Waals surface area contributed by atoms with E-state index in [0.717, 1.165) is 42.9 Å². The summed E-state index contributed by atoms with van der Waals surface area (Å²) < 4.78 is 11.5. The maximum absolute atomic E-state index is 13.5. The van der Waals surface area contributed by atoms with Crippen LogP contribution in [0.2, 0.25) is 0 Å². The Morgan fingerprint density at radius 2 is 1.94 bits per heavy atom. The number of ether oxygens (including phenoxy) is 2. The van der Waals surface area contributed by atoms with Gasteiger partial charge in [0.1, 0.15) is 6.61 Å². The summed E-state index contributed by atoms with van der Waals surface area (Å²) in [5.74, 6) is 1.38. The van der Waals surface area contributed by atoms with Gasteiger partial charge < -0.3 is 14.4 Å². The summed E-state index contributed by atoms with van der Waals surface area (Å²) in [6.45, 7) is 3.73. The molecule has 6 nitrogen and oxygen atoms in total. The number of pyridine rings is 2. The Hall–Kier alpha value is -3.41. The van der Waals surface area contributed by atoms with Crippen molar-refractivity contribution in [2.75, 3.05) is 20.2 Å². The Morgan fingerprint density at radius 1 is 1.09 bits per heavy atom. The Labute approximate surface area is 189 Å². The molecular formula is C26H29N3O3. The van der Waals surface area contributed by atoms with Crippen molar-refractivity contribution in [3.8, 4) is 11.5 Å². The van der Waals surface area contributed by atoms with Crippen molar-refractivity contribution in [1.29, 1.82) is 0 Å². The van der Waals surface area contributed by atoms with Crippen molar-refractivity contribution in [2.45, 2.75) is 32.8 Å². The highest BCUT2D eigenvalue weighted by molar-refractivity contribution is 5.98. The third-order valence-corrected chi connectivity index (χ3v) is 5.77. The molecule has 0 aliphatic carbocycles. The molecule has 3 heterocycles. The number of carbonyl (C=O) groups is 1. The molecule has 32 heavy (non-hydrogen) atoms. The van der Waals surface area contributed by atoms with E-state index in [9.17, 15) is 4.79 Å². The standard InChI is InChI=1S/C26H29N3O3/c1-19-8-5-11-21(28-19)16-20-9-7-15-29(17-20)26(30)23-12-6-13-24(31-2)25(23)32-18-22-10-3-4-14-27-22/h3-6,8,10-14,20H,7,9,15-18H2,1-2H3/t20-/m0/s1. The number of hydrogen-bond acceptors (Lipinski definition) is 5. The number of methoxy groups -OCH3 is 1. The van der Waals surface area contributed by atoms with Crippen LogP contribution in [0, 0.1) is 12.8 Å². The molecule has 0 unspecified atom stereocenters. The second kappa shape index (κ2) is 10.3. The van der Waals surface area contributed by atoms with E-state index in [1.54, 1.807) is 13.3 Å². The molecule has 0 N–H and O–H groups in total. The highest BCUT2D eigenvalue weighted by atomic mass is 16.5. The lowest BCUT2D eigenvalue weighted by Crippen LogP contribution is -2.40. The lowest BCUT2D eigenvalue weighted by Gasteiger charge is -2.33. The quantitative estimate of drug-likeness (QED) is 0.552. The lowest BCUT2D eigenvalue weighted by atomic mass is 9.92. The van der Waals surface area contributed by atoms with Gasteiger partial charge in [0, 0.05) is 30.7 Å². The van der Waals surface area contributed by atoms with Crippen LogP contribution in [0.15, 0.2) is 60.8 Å². The number of likely N-dealkylation sites (tertiary alicyclic amines) is 1. The van der Waals surface area contributed by atoms with Gasteiger partial charge in [0.25, 0.3) is 5.91 Å². The third kappa shape index (κ3) is 5.25. The summed E-state index contributed by atoms with van der Waals surface area (Å²) in [7, 11) is 1.59. The summed E-state index contributed by atoms with van der Waals surface area (Å²) in [4.78, 5) is 24.4. The molecule has 2 aromatic heterocycles. The predicted octanol–water partition coefficient (Wildman–Crippen LogP) is 4.47. The molecule has 4 rings (SSSR count). The predicted molar refractivity (Wildman–Crippen MR) is 123 cm³/mol. The van der Waals surface area contributed by atoms with E-state index < -0.39 is 0 Å². The van der Waals surface area contributed by atoms with Crippen LogP contribution < -0.4 is 9.47 Å². The summed E-state index contributed by atoms with van der Waals surface area (Å²) in [5, 5.41) is 0. The summed E-state index contributed by atoms with van der Waals surface area (Å²) >= 11 is 0. The maximum atomic E-state index is 13.5. The molecule has 0 radical (unpaired) electrons. The number of carbonyl (C=O) groups excluding carboxylic acids is 1. The number of hydrogen-bond donors (Lipinski definition) is 0. The monoisotopic (exact) mass is 431 g/mol. The second-order valence-electron chi connectivity index (χ2n) is 8.18. The number of amides is 1. The van der Waals surface area contributed by atoms with Crippen molar-refractivity contribution in [3.63, 3.8) is 0 Å². The van der Waals surface area contributed by atoms with Gasteiger partial charge in [0.15, 0.2) is 11.5 Å². The van der Waals surface area contributed by atoms with Gasteiger partial charge in [-0.05, 0) is 68.5 Å². The molecule has 166 valence electrons. The average Bonchev–Trinajstić information content (AvgIpc) is 2.83. The molecule has 0 spiro atoms. The van der Waals surface area contributed by atoms with Gasteiger partial charge in [-0.15, -0.1) is 0 Å². The third-order valence-electron chi connectivity index (χ3n) is 5.77. The molecule has 1 saturated heterocycles. The topological polar surface area (TPSA) is 64.5 Å². The summed E-state index contributed by atoms with van der Waals surface area (Å²) in [6.07, 6.45) is 4.69. The average molecular weight is 432 g/mol. The fourth-order valence-electron chi connectivity index (χ4n) is 4.22. The zero-order valence-corrected chi connectivity index (χ0v) is 18.7. The SMILES string of the molecule is COc1cccc(C(=O)N2CCC[C@@H](Cc3cccc(C)n3)C2)c1OCc1ccccn1. The largest absolute Gasteiger partial charge is 0.493 e.